The molecule has 0 spiro atoms. The first-order valence-electron chi connectivity index (χ1n) is 3.79. The van der Waals surface area contributed by atoms with Gasteiger partial charge in [0.2, 0.25) is 5.78 Å². The van der Waals surface area contributed by atoms with E-state index in [4.69, 9.17) is 0 Å². The molecule has 0 aliphatic carbocycles. The van der Waals surface area contributed by atoms with Crippen LogP contribution in [-0.2, 0) is 4.79 Å². The average molecular weight is 178 g/mol. The SMILES string of the molecule is CN(C)C(=O)C(=O)c1ccncc1. The predicted octanol–water partition coefficient (Wildman–Crippen LogP) is 0.352. The minimum atomic E-state index is -0.522. The summed E-state index contributed by atoms with van der Waals surface area (Å²) in [5.74, 6) is -1.03. The molecule has 4 heteroatoms. The molecule has 0 aliphatic heterocycles. The second-order valence-corrected chi connectivity index (χ2v) is 2.76. The summed E-state index contributed by atoms with van der Waals surface area (Å²) in [4.78, 5) is 27.6. The molecule has 0 unspecified atom stereocenters. The Bertz CT molecular complexity index is 320. The van der Waals surface area contributed by atoms with E-state index in [1.165, 1.54) is 29.4 Å². The first-order chi connectivity index (χ1) is 6.13. The summed E-state index contributed by atoms with van der Waals surface area (Å²) in [5.41, 5.74) is 0.369. The van der Waals surface area contributed by atoms with Gasteiger partial charge in [-0.25, -0.2) is 0 Å². The molecule has 0 aliphatic rings. The molecule has 68 valence electrons. The van der Waals surface area contributed by atoms with Gasteiger partial charge < -0.3 is 4.90 Å². The number of Topliss-reactive ketones (excluding diaryl/α,β-unsaturated/α-hetero) is 1. The minimum Gasteiger partial charge on any atom is -0.342 e. The molecule has 1 rings (SSSR count). The zero-order valence-corrected chi connectivity index (χ0v) is 7.52. The topological polar surface area (TPSA) is 50.3 Å². The zero-order chi connectivity index (χ0) is 9.84. The molecular formula is C9H10N2O2. The summed E-state index contributed by atoms with van der Waals surface area (Å²) in [6, 6.07) is 3.04. The second kappa shape index (κ2) is 3.80. The van der Waals surface area contributed by atoms with Crippen molar-refractivity contribution in [2.75, 3.05) is 14.1 Å². The highest BCUT2D eigenvalue weighted by atomic mass is 16.2. The third-order valence-corrected chi connectivity index (χ3v) is 1.54. The van der Waals surface area contributed by atoms with Gasteiger partial charge in [-0.1, -0.05) is 0 Å². The van der Waals surface area contributed by atoms with Crippen molar-refractivity contribution < 1.29 is 9.59 Å². The largest absolute Gasteiger partial charge is 0.342 e. The van der Waals surface area contributed by atoms with Gasteiger partial charge in [-0.05, 0) is 12.1 Å². The van der Waals surface area contributed by atoms with Crippen molar-refractivity contribution in [2.24, 2.45) is 0 Å². The fourth-order valence-corrected chi connectivity index (χ4v) is 0.830. The lowest BCUT2D eigenvalue weighted by molar-refractivity contribution is -0.124. The van der Waals surface area contributed by atoms with Gasteiger partial charge in [0.05, 0.1) is 0 Å². The molecule has 1 aromatic heterocycles. The average Bonchev–Trinajstić information content (AvgIpc) is 2.17. The quantitative estimate of drug-likeness (QED) is 0.485. The Morgan fingerprint density at radius 1 is 1.23 bits per heavy atom. The van der Waals surface area contributed by atoms with E-state index in [0.717, 1.165) is 0 Å². The first-order valence-corrected chi connectivity index (χ1v) is 3.79. The smallest absolute Gasteiger partial charge is 0.294 e. The first kappa shape index (κ1) is 9.38. The van der Waals surface area contributed by atoms with E-state index in [2.05, 4.69) is 4.98 Å². The number of nitrogens with zero attached hydrogens (tertiary/aromatic N) is 2. The zero-order valence-electron chi connectivity index (χ0n) is 7.52. The molecule has 0 radical (unpaired) electrons. The summed E-state index contributed by atoms with van der Waals surface area (Å²) in [5, 5.41) is 0. The summed E-state index contributed by atoms with van der Waals surface area (Å²) in [7, 11) is 3.09. The number of pyridine rings is 1. The van der Waals surface area contributed by atoms with Gasteiger partial charge in [0.1, 0.15) is 0 Å². The third kappa shape index (κ3) is 2.11. The number of ketones is 1. The van der Waals surface area contributed by atoms with Crippen LogP contribution in [0.15, 0.2) is 24.5 Å². The van der Waals surface area contributed by atoms with Crippen LogP contribution in [0, 0.1) is 0 Å². The molecule has 0 atom stereocenters. The maximum atomic E-state index is 11.4. The highest BCUT2D eigenvalue weighted by Crippen LogP contribution is 1.99. The molecule has 1 aromatic rings. The van der Waals surface area contributed by atoms with Crippen molar-refractivity contribution in [3.05, 3.63) is 30.1 Å². The van der Waals surface area contributed by atoms with Crippen molar-refractivity contribution in [3.63, 3.8) is 0 Å². The Morgan fingerprint density at radius 2 is 1.77 bits per heavy atom. The van der Waals surface area contributed by atoms with Gasteiger partial charge in [-0.15, -0.1) is 0 Å². The number of carbonyl (C=O) groups excluding carboxylic acids is 2. The van der Waals surface area contributed by atoms with E-state index in [-0.39, 0.29) is 0 Å². The molecule has 0 aromatic carbocycles. The molecule has 1 amide bonds. The fraction of sp³-hybridized carbons (Fsp3) is 0.222. The molecule has 0 saturated carbocycles. The van der Waals surface area contributed by atoms with Gasteiger partial charge in [-0.2, -0.15) is 0 Å². The molecule has 0 fully saturated rings. The van der Waals surface area contributed by atoms with Crippen molar-refractivity contribution in [1.29, 1.82) is 0 Å². The van der Waals surface area contributed by atoms with E-state index >= 15 is 0 Å². The Kier molecular flexibility index (Phi) is 2.74. The number of hydrogen-bond donors (Lipinski definition) is 0. The van der Waals surface area contributed by atoms with Crippen LogP contribution >= 0.6 is 0 Å². The van der Waals surface area contributed by atoms with E-state index < -0.39 is 11.7 Å². The Morgan fingerprint density at radius 3 is 2.23 bits per heavy atom. The molecular weight excluding hydrogens is 168 g/mol. The maximum absolute atomic E-state index is 11.4. The molecule has 4 nitrogen and oxygen atoms in total. The standard InChI is InChI=1S/C9H10N2O2/c1-11(2)9(13)8(12)7-3-5-10-6-4-7/h3-6H,1-2H3. The fourth-order valence-electron chi connectivity index (χ4n) is 0.830. The van der Waals surface area contributed by atoms with Gasteiger partial charge in [-0.3, -0.25) is 14.6 Å². The normalized spacial score (nSPS) is 9.38. The second-order valence-electron chi connectivity index (χ2n) is 2.76. The van der Waals surface area contributed by atoms with Crippen molar-refractivity contribution in [3.8, 4) is 0 Å². The minimum absolute atomic E-state index is 0.369. The van der Waals surface area contributed by atoms with Crippen LogP contribution in [-0.4, -0.2) is 35.7 Å². The summed E-state index contributed by atoms with van der Waals surface area (Å²) >= 11 is 0. The Hall–Kier alpha value is -1.71. The monoisotopic (exact) mass is 178 g/mol. The number of amides is 1. The van der Waals surface area contributed by atoms with Crippen LogP contribution in [0.2, 0.25) is 0 Å². The lowest BCUT2D eigenvalue weighted by Gasteiger charge is -2.07. The highest BCUT2D eigenvalue weighted by Gasteiger charge is 2.17. The predicted molar refractivity (Wildman–Crippen MR) is 47.3 cm³/mol. The Balaban J connectivity index is 2.87. The van der Waals surface area contributed by atoms with Gasteiger partial charge >= 0.3 is 0 Å². The van der Waals surface area contributed by atoms with E-state index in [1.807, 2.05) is 0 Å². The van der Waals surface area contributed by atoms with E-state index in [0.29, 0.717) is 5.56 Å². The Labute approximate surface area is 76.2 Å². The van der Waals surface area contributed by atoms with Crippen molar-refractivity contribution in [2.45, 2.75) is 0 Å². The number of hydrogen-bond acceptors (Lipinski definition) is 3. The van der Waals surface area contributed by atoms with Crippen LogP contribution in [0.1, 0.15) is 10.4 Å². The lowest BCUT2D eigenvalue weighted by Crippen LogP contribution is -2.29. The molecule has 1 heterocycles. The molecule has 0 bridgehead atoms. The maximum Gasteiger partial charge on any atom is 0.294 e. The van der Waals surface area contributed by atoms with Crippen LogP contribution in [0.5, 0.6) is 0 Å². The third-order valence-electron chi connectivity index (χ3n) is 1.54. The van der Waals surface area contributed by atoms with Gasteiger partial charge in [0.25, 0.3) is 5.91 Å². The highest BCUT2D eigenvalue weighted by molar-refractivity contribution is 6.42. The summed E-state index contributed by atoms with van der Waals surface area (Å²) in [6.07, 6.45) is 2.96. The van der Waals surface area contributed by atoms with Crippen LogP contribution < -0.4 is 0 Å². The number of likely N-dealkylation sites (N-methyl/N-ethyl adjacent to an activating group) is 1. The molecule has 0 saturated heterocycles. The van der Waals surface area contributed by atoms with Crippen LogP contribution in [0.3, 0.4) is 0 Å². The van der Waals surface area contributed by atoms with E-state index in [9.17, 15) is 9.59 Å². The molecule has 0 N–H and O–H groups in total. The number of aromatic nitrogens is 1. The number of rotatable bonds is 2. The summed E-state index contributed by atoms with van der Waals surface area (Å²) in [6.45, 7) is 0. The van der Waals surface area contributed by atoms with Crippen molar-refractivity contribution in [1.82, 2.24) is 9.88 Å². The lowest BCUT2D eigenvalue weighted by atomic mass is 10.1. The van der Waals surface area contributed by atoms with Crippen LogP contribution in [0.25, 0.3) is 0 Å². The number of carbonyl (C=O) groups is 2. The van der Waals surface area contributed by atoms with Gasteiger partial charge in [0.15, 0.2) is 0 Å². The van der Waals surface area contributed by atoms with Gasteiger partial charge in [0, 0.05) is 32.1 Å². The van der Waals surface area contributed by atoms with E-state index in [1.54, 1.807) is 14.1 Å². The van der Waals surface area contributed by atoms with Crippen LogP contribution in [0.4, 0.5) is 0 Å². The molecule has 13 heavy (non-hydrogen) atoms. The van der Waals surface area contributed by atoms with Crippen molar-refractivity contribution >= 4 is 11.7 Å². The summed E-state index contributed by atoms with van der Waals surface area (Å²) < 4.78 is 0.